The van der Waals surface area contributed by atoms with Crippen LogP contribution in [0.2, 0.25) is 0 Å². The fraction of sp³-hybridized carbons (Fsp3) is 0.564. The Bertz CT molecular complexity index is 2340. The van der Waals surface area contributed by atoms with Crippen molar-refractivity contribution in [3.8, 4) is 0 Å². The Balaban J connectivity index is 0.00000817. The molecule has 6 aliphatic rings. The molecule has 0 aromatic rings. The standard InChI is InChI=1S/C55H74N4O6.Mg/c1-13-39-34(7)41-29-46-48(38(11)60)36(9)43(57-46)27-42-35(8)40(52(58-42)50-51(55(63)64-12)54(62)49-37(10)44(59-53(49)50)28-45(39)56-41)23-24-47(61)65-26-25-33(6)22-16-21-32(5)20-15-19-31(4)18-14-17-30(2)3;/h13,25,27-32,34-35,40,51,56,62H,14-24,26H2,1-12H3;/q;+2/p-1/b33-25+,39-13-,41-29?,43-27?,45-28?,52-50?;/t31-,32-,34-,35+,40+,51-;/m1./s1. The van der Waals surface area contributed by atoms with E-state index in [9.17, 15) is 19.5 Å². The molecule has 0 amide bonds. The summed E-state index contributed by atoms with van der Waals surface area (Å²) in [5.41, 5.74) is 10.2. The van der Waals surface area contributed by atoms with Gasteiger partial charge in [-0.2, -0.15) is 0 Å². The Morgan fingerprint density at radius 2 is 1.55 bits per heavy atom. The molecule has 0 saturated carbocycles. The van der Waals surface area contributed by atoms with Gasteiger partial charge in [-0.3, -0.25) is 19.4 Å². The maximum absolute atomic E-state index is 14.4. The molecule has 8 bridgehead atoms. The second-order valence-corrected chi connectivity index (χ2v) is 19.9. The van der Waals surface area contributed by atoms with Gasteiger partial charge in [0.2, 0.25) is 0 Å². The van der Waals surface area contributed by atoms with E-state index in [2.05, 4.69) is 52.9 Å². The zero-order valence-electron chi connectivity index (χ0n) is 41.9. The van der Waals surface area contributed by atoms with E-state index in [1.165, 1.54) is 57.6 Å². The Labute approximate surface area is 410 Å². The fourth-order valence-electron chi connectivity index (χ4n) is 10.4. The largest absolute Gasteiger partial charge is 2.00 e. The molecule has 0 aromatic heterocycles. The predicted molar refractivity (Wildman–Crippen MR) is 265 cm³/mol. The van der Waals surface area contributed by atoms with Crippen LogP contribution in [0, 0.1) is 41.4 Å². The van der Waals surface area contributed by atoms with Crippen LogP contribution < -0.4 is 10.4 Å². The molecule has 66 heavy (non-hydrogen) atoms. The van der Waals surface area contributed by atoms with Crippen molar-refractivity contribution in [2.75, 3.05) is 13.7 Å². The molecule has 0 spiro atoms. The van der Waals surface area contributed by atoms with Gasteiger partial charge in [0.25, 0.3) is 0 Å². The van der Waals surface area contributed by atoms with Crippen molar-refractivity contribution in [1.82, 2.24) is 5.32 Å². The van der Waals surface area contributed by atoms with Crippen LogP contribution in [0.15, 0.2) is 119 Å². The minimum atomic E-state index is -1.25. The van der Waals surface area contributed by atoms with E-state index in [0.717, 1.165) is 47.2 Å². The predicted octanol–water partition coefficient (Wildman–Crippen LogP) is 10.6. The number of carbonyl (C=O) groups is 3. The van der Waals surface area contributed by atoms with Crippen LogP contribution in [0.4, 0.5) is 0 Å². The maximum Gasteiger partial charge on any atom is 2.00 e. The molecule has 6 rings (SSSR count). The van der Waals surface area contributed by atoms with Crippen molar-refractivity contribution in [1.29, 1.82) is 0 Å². The van der Waals surface area contributed by atoms with Crippen LogP contribution in [-0.4, -0.2) is 71.6 Å². The van der Waals surface area contributed by atoms with Crippen molar-refractivity contribution < 1.29 is 29.0 Å². The summed E-state index contributed by atoms with van der Waals surface area (Å²) < 4.78 is 11.0. The molecule has 1 N–H and O–H groups in total. The minimum Gasteiger partial charge on any atom is -0.874 e. The van der Waals surface area contributed by atoms with Crippen LogP contribution in [-0.2, 0) is 23.9 Å². The van der Waals surface area contributed by atoms with Crippen molar-refractivity contribution in [3.63, 3.8) is 0 Å². The van der Waals surface area contributed by atoms with E-state index in [1.807, 2.05) is 52.0 Å². The Kier molecular flexibility index (Phi) is 18.4. The van der Waals surface area contributed by atoms with Crippen LogP contribution in [0.1, 0.15) is 147 Å². The summed E-state index contributed by atoms with van der Waals surface area (Å²) in [7, 11) is 1.28. The molecule has 1 fully saturated rings. The number of carbonyl (C=O) groups excluding carboxylic acids is 3. The first kappa shape index (κ1) is 52.6. The molecule has 350 valence electrons. The number of ether oxygens (including phenoxy) is 2. The van der Waals surface area contributed by atoms with E-state index in [1.54, 1.807) is 6.92 Å². The summed E-state index contributed by atoms with van der Waals surface area (Å²) >= 11 is 0. The minimum absolute atomic E-state index is 0. The number of rotatable bonds is 19. The van der Waals surface area contributed by atoms with Gasteiger partial charge in [-0.15, -0.1) is 5.76 Å². The van der Waals surface area contributed by atoms with Crippen LogP contribution in [0.25, 0.3) is 0 Å². The van der Waals surface area contributed by atoms with Gasteiger partial charge >= 0.3 is 35.0 Å². The summed E-state index contributed by atoms with van der Waals surface area (Å²) in [5, 5.41) is 17.9. The van der Waals surface area contributed by atoms with Crippen molar-refractivity contribution >= 4 is 57.9 Å². The van der Waals surface area contributed by atoms with Crippen molar-refractivity contribution in [2.24, 2.45) is 56.4 Å². The number of aliphatic imine (C=N–C) groups is 3. The average Bonchev–Trinajstić information content (AvgIpc) is 4.00. The van der Waals surface area contributed by atoms with Crippen LogP contribution in [0.3, 0.4) is 0 Å². The first-order valence-electron chi connectivity index (χ1n) is 24.3. The maximum atomic E-state index is 14.4. The summed E-state index contributed by atoms with van der Waals surface area (Å²) in [6.45, 7) is 23.1. The topological polar surface area (TPSA) is 142 Å². The first-order chi connectivity index (χ1) is 30.9. The summed E-state index contributed by atoms with van der Waals surface area (Å²) in [4.78, 5) is 55.5. The van der Waals surface area contributed by atoms with E-state index in [0.29, 0.717) is 68.9 Å². The molecule has 5 aliphatic heterocycles. The summed E-state index contributed by atoms with van der Waals surface area (Å²) in [5.74, 6) is -1.05. The van der Waals surface area contributed by atoms with Gasteiger partial charge in [0, 0.05) is 52.4 Å². The Morgan fingerprint density at radius 3 is 2.18 bits per heavy atom. The number of fused-ring (bicyclic) bond motifs is 5. The molecule has 1 aliphatic carbocycles. The van der Waals surface area contributed by atoms with Crippen LogP contribution >= 0.6 is 0 Å². The van der Waals surface area contributed by atoms with E-state index >= 15 is 0 Å². The van der Waals surface area contributed by atoms with Gasteiger partial charge in [-0.05, 0) is 118 Å². The molecule has 0 aromatic carbocycles. The van der Waals surface area contributed by atoms with E-state index in [4.69, 9.17) is 24.5 Å². The number of esters is 2. The number of hydrogen-bond donors (Lipinski definition) is 1. The van der Waals surface area contributed by atoms with Gasteiger partial charge in [-0.25, -0.2) is 9.98 Å². The first-order valence-corrected chi connectivity index (χ1v) is 24.3. The van der Waals surface area contributed by atoms with Gasteiger partial charge in [0.1, 0.15) is 6.61 Å². The van der Waals surface area contributed by atoms with Gasteiger partial charge in [-0.1, -0.05) is 98.1 Å². The molecule has 11 heteroatoms. The molecule has 10 nitrogen and oxygen atoms in total. The fourth-order valence-corrected chi connectivity index (χ4v) is 10.4. The third-order valence-corrected chi connectivity index (χ3v) is 14.4. The quantitative estimate of drug-likeness (QED) is 0.0772. The normalized spacial score (nSPS) is 24.0. The van der Waals surface area contributed by atoms with Crippen molar-refractivity contribution in [3.05, 3.63) is 104 Å². The second-order valence-electron chi connectivity index (χ2n) is 19.9. The number of nitrogens with zero attached hydrogens (tertiary/aromatic N) is 3. The number of nitrogens with one attached hydrogen (secondary N) is 1. The number of hydrogen-bond acceptors (Lipinski definition) is 10. The average molecular weight is 911 g/mol. The second kappa shape index (κ2) is 23.1. The zero-order chi connectivity index (χ0) is 47.3. The van der Waals surface area contributed by atoms with Crippen molar-refractivity contribution in [2.45, 2.75) is 147 Å². The van der Waals surface area contributed by atoms with E-state index in [-0.39, 0.29) is 71.3 Å². The monoisotopic (exact) mass is 910 g/mol. The van der Waals surface area contributed by atoms with E-state index < -0.39 is 11.9 Å². The molecule has 6 atom stereocenters. The summed E-state index contributed by atoms with van der Waals surface area (Å²) in [6, 6.07) is 0. The van der Waals surface area contributed by atoms with Gasteiger partial charge in [0.15, 0.2) is 5.78 Å². The zero-order valence-corrected chi connectivity index (χ0v) is 43.3. The van der Waals surface area contributed by atoms with Crippen LogP contribution in [0.5, 0.6) is 0 Å². The SMILES string of the molecule is C/C=C1\C2=CC3=C(C)C4=C([O-])[C@H](C(=O)OC)C(=C5N=C(C=C6N=C(C=C(N2)[C@@H]1C)C(C(C)=O)=C6C)[C@@H](C)[C@@H]5CCC(=O)OC/C=C(\C)CCC[C@H](C)CCC[C@H](C)CCCC(C)C)C4=N3.[Mg+2]. The number of ketones is 1. The Morgan fingerprint density at radius 1 is 0.879 bits per heavy atom. The molecule has 0 radical (unpaired) electrons. The smallest absolute Gasteiger partial charge is 0.874 e. The summed E-state index contributed by atoms with van der Waals surface area (Å²) in [6.07, 6.45) is 21.5. The third-order valence-electron chi connectivity index (χ3n) is 14.4. The number of methoxy groups -OCH3 is 1. The number of allylic oxidation sites excluding steroid dienone is 12. The van der Waals surface area contributed by atoms with Gasteiger partial charge < -0.3 is 19.9 Å². The molecule has 0 unspecified atom stereocenters. The molecular weight excluding hydrogens is 837 g/mol. The Hall–Kier alpha value is -4.35. The molecule has 1 saturated heterocycles. The molecule has 5 heterocycles. The molecular formula is C55H73MgN4O6+. The van der Waals surface area contributed by atoms with Gasteiger partial charge in [0.05, 0.1) is 41.5 Å². The number of Topliss-reactive ketones (excluding diaryl/α,β-unsaturated/α-hetero) is 1. The third kappa shape index (κ3) is 11.7.